The van der Waals surface area contributed by atoms with E-state index in [9.17, 15) is 4.79 Å². The van der Waals surface area contributed by atoms with E-state index < -0.39 is 0 Å². The molecule has 7 nitrogen and oxygen atoms in total. The van der Waals surface area contributed by atoms with E-state index >= 15 is 0 Å². The van der Waals surface area contributed by atoms with Crippen molar-refractivity contribution in [1.29, 1.82) is 0 Å². The van der Waals surface area contributed by atoms with Crippen LogP contribution in [0, 0.1) is 6.92 Å². The number of piperazine rings is 1. The largest absolute Gasteiger partial charge is 0.497 e. The predicted octanol–water partition coefficient (Wildman–Crippen LogP) is 2.82. The molecule has 0 saturated carbocycles. The number of hydrogen-bond acceptors (Lipinski definition) is 6. The summed E-state index contributed by atoms with van der Waals surface area (Å²) in [6.07, 6.45) is 1.58. The summed E-state index contributed by atoms with van der Waals surface area (Å²) in [7, 11) is 1.65. The summed E-state index contributed by atoms with van der Waals surface area (Å²) in [5.74, 6) is 2.42. The first-order valence-electron chi connectivity index (χ1n) is 9.90. The molecule has 156 valence electrons. The third-order valence-electron chi connectivity index (χ3n) is 5.09. The first-order chi connectivity index (χ1) is 13.8. The number of amides is 1. The summed E-state index contributed by atoms with van der Waals surface area (Å²) in [6, 6.07) is 7.68. The number of hydrogen-bond donors (Lipinski definition) is 0. The third kappa shape index (κ3) is 5.16. The van der Waals surface area contributed by atoms with Gasteiger partial charge in [-0.15, -0.1) is 0 Å². The lowest BCUT2D eigenvalue weighted by atomic mass is 9.86. The average molecular weight is 399 g/mol. The molecule has 2 aromatic rings. The molecule has 1 aromatic carbocycles. The maximum Gasteiger partial charge on any atom is 0.260 e. The predicted molar refractivity (Wildman–Crippen MR) is 113 cm³/mol. The van der Waals surface area contributed by atoms with E-state index in [4.69, 9.17) is 9.47 Å². The number of anilines is 1. The lowest BCUT2D eigenvalue weighted by Gasteiger charge is -2.35. The van der Waals surface area contributed by atoms with Crippen LogP contribution in [-0.2, 0) is 10.2 Å². The Kier molecular flexibility index (Phi) is 6.25. The van der Waals surface area contributed by atoms with Gasteiger partial charge in [0.15, 0.2) is 6.61 Å². The molecular formula is C22H30N4O3. The van der Waals surface area contributed by atoms with E-state index in [0.29, 0.717) is 13.1 Å². The fourth-order valence-electron chi connectivity index (χ4n) is 3.38. The molecule has 3 rings (SSSR count). The zero-order valence-electron chi connectivity index (χ0n) is 17.9. The van der Waals surface area contributed by atoms with Crippen molar-refractivity contribution in [3.05, 3.63) is 41.9 Å². The molecule has 0 unspecified atom stereocenters. The molecule has 1 aromatic heterocycles. The molecule has 7 heteroatoms. The second-order valence-corrected chi connectivity index (χ2v) is 8.29. The maximum absolute atomic E-state index is 12.7. The van der Waals surface area contributed by atoms with Crippen molar-refractivity contribution in [2.24, 2.45) is 0 Å². The minimum Gasteiger partial charge on any atom is -0.497 e. The number of nitrogens with zero attached hydrogens (tertiary/aromatic N) is 4. The number of ether oxygens (including phenoxy) is 2. The Morgan fingerprint density at radius 2 is 1.83 bits per heavy atom. The lowest BCUT2D eigenvalue weighted by Crippen LogP contribution is -2.50. The molecule has 0 radical (unpaired) electrons. The SMILES string of the molecule is COc1ccc(OCC(=O)N2CCN(c3cc(C)ncn3)CC2)c(C(C)(C)C)c1. The van der Waals surface area contributed by atoms with Crippen LogP contribution in [0.4, 0.5) is 5.82 Å². The summed E-state index contributed by atoms with van der Waals surface area (Å²) in [5.41, 5.74) is 1.85. The van der Waals surface area contributed by atoms with Gasteiger partial charge in [-0.05, 0) is 30.5 Å². The van der Waals surface area contributed by atoms with Crippen LogP contribution in [0.5, 0.6) is 11.5 Å². The summed E-state index contributed by atoms with van der Waals surface area (Å²) in [5, 5.41) is 0. The molecule has 1 aliphatic rings. The highest BCUT2D eigenvalue weighted by Gasteiger charge is 2.24. The van der Waals surface area contributed by atoms with Gasteiger partial charge in [0.25, 0.3) is 5.91 Å². The first-order valence-corrected chi connectivity index (χ1v) is 9.90. The number of methoxy groups -OCH3 is 1. The van der Waals surface area contributed by atoms with Crippen LogP contribution in [0.1, 0.15) is 32.0 Å². The van der Waals surface area contributed by atoms with Gasteiger partial charge < -0.3 is 19.3 Å². The van der Waals surface area contributed by atoms with E-state index in [2.05, 4.69) is 35.6 Å². The average Bonchev–Trinajstić information content (AvgIpc) is 2.71. The van der Waals surface area contributed by atoms with Crippen LogP contribution in [-0.4, -0.2) is 60.7 Å². The smallest absolute Gasteiger partial charge is 0.260 e. The molecule has 0 atom stereocenters. The van der Waals surface area contributed by atoms with Crippen molar-refractivity contribution >= 4 is 11.7 Å². The summed E-state index contributed by atoms with van der Waals surface area (Å²) in [6.45, 7) is 11.1. The standard InChI is InChI=1S/C22H30N4O3/c1-16-12-20(24-15-23-16)25-8-10-26(11-9-25)21(27)14-29-19-7-6-17(28-5)13-18(19)22(2,3)4/h6-7,12-13,15H,8-11,14H2,1-5H3. The number of aryl methyl sites for hydroxylation is 1. The Bertz CT molecular complexity index is 855. The highest BCUT2D eigenvalue weighted by Crippen LogP contribution is 2.34. The van der Waals surface area contributed by atoms with E-state index in [1.54, 1.807) is 13.4 Å². The third-order valence-corrected chi connectivity index (χ3v) is 5.09. The minimum absolute atomic E-state index is 0.000745. The van der Waals surface area contributed by atoms with Crippen molar-refractivity contribution in [3.8, 4) is 11.5 Å². The van der Waals surface area contributed by atoms with Crippen LogP contribution >= 0.6 is 0 Å². The van der Waals surface area contributed by atoms with Gasteiger partial charge >= 0.3 is 0 Å². The second-order valence-electron chi connectivity index (χ2n) is 8.29. The second kappa shape index (κ2) is 8.68. The zero-order valence-corrected chi connectivity index (χ0v) is 17.9. The molecule has 2 heterocycles. The van der Waals surface area contributed by atoms with Gasteiger partial charge in [-0.2, -0.15) is 0 Å². The van der Waals surface area contributed by atoms with Gasteiger partial charge in [0, 0.05) is 43.5 Å². The van der Waals surface area contributed by atoms with Gasteiger partial charge in [-0.3, -0.25) is 4.79 Å². The fourth-order valence-corrected chi connectivity index (χ4v) is 3.38. The Morgan fingerprint density at radius 3 is 2.45 bits per heavy atom. The molecule has 29 heavy (non-hydrogen) atoms. The van der Waals surface area contributed by atoms with Crippen LogP contribution in [0.3, 0.4) is 0 Å². The summed E-state index contributed by atoms with van der Waals surface area (Å²) >= 11 is 0. The lowest BCUT2D eigenvalue weighted by molar-refractivity contribution is -0.133. The molecule has 0 aliphatic carbocycles. The zero-order chi connectivity index (χ0) is 21.0. The summed E-state index contributed by atoms with van der Waals surface area (Å²) in [4.78, 5) is 25.2. The minimum atomic E-state index is -0.117. The van der Waals surface area contributed by atoms with Crippen molar-refractivity contribution < 1.29 is 14.3 Å². The topological polar surface area (TPSA) is 67.8 Å². The van der Waals surface area contributed by atoms with Crippen molar-refractivity contribution in [1.82, 2.24) is 14.9 Å². The fraction of sp³-hybridized carbons (Fsp3) is 0.500. The number of carbonyl (C=O) groups excluding carboxylic acids is 1. The van der Waals surface area contributed by atoms with Crippen LogP contribution in [0.15, 0.2) is 30.6 Å². The number of rotatable bonds is 5. The quantitative estimate of drug-likeness (QED) is 0.772. The van der Waals surface area contributed by atoms with Crippen molar-refractivity contribution in [2.75, 3.05) is 44.8 Å². The molecule has 1 saturated heterocycles. The Balaban J connectivity index is 1.58. The Morgan fingerprint density at radius 1 is 1.10 bits per heavy atom. The number of carbonyl (C=O) groups is 1. The van der Waals surface area contributed by atoms with Gasteiger partial charge in [-0.25, -0.2) is 9.97 Å². The van der Waals surface area contributed by atoms with E-state index in [1.165, 1.54) is 0 Å². The molecule has 0 spiro atoms. The van der Waals surface area contributed by atoms with Crippen LogP contribution < -0.4 is 14.4 Å². The van der Waals surface area contributed by atoms with Crippen molar-refractivity contribution in [3.63, 3.8) is 0 Å². The number of benzene rings is 1. The van der Waals surface area contributed by atoms with Gasteiger partial charge in [-0.1, -0.05) is 20.8 Å². The molecule has 1 aliphatic heterocycles. The molecule has 1 amide bonds. The van der Waals surface area contributed by atoms with Gasteiger partial charge in [0.05, 0.1) is 7.11 Å². The summed E-state index contributed by atoms with van der Waals surface area (Å²) < 4.78 is 11.3. The van der Waals surface area contributed by atoms with Crippen LogP contribution in [0.2, 0.25) is 0 Å². The van der Waals surface area contributed by atoms with Gasteiger partial charge in [0.1, 0.15) is 23.6 Å². The monoisotopic (exact) mass is 398 g/mol. The normalized spacial score (nSPS) is 14.7. The highest BCUT2D eigenvalue weighted by atomic mass is 16.5. The molecule has 0 bridgehead atoms. The van der Waals surface area contributed by atoms with Crippen molar-refractivity contribution in [2.45, 2.75) is 33.1 Å². The highest BCUT2D eigenvalue weighted by molar-refractivity contribution is 5.78. The Labute approximate surface area is 172 Å². The van der Waals surface area contributed by atoms with E-state index in [0.717, 1.165) is 41.7 Å². The van der Waals surface area contributed by atoms with Gasteiger partial charge in [0.2, 0.25) is 0 Å². The van der Waals surface area contributed by atoms with E-state index in [1.807, 2.05) is 36.1 Å². The molecule has 1 fully saturated rings. The number of aromatic nitrogens is 2. The molecular weight excluding hydrogens is 368 g/mol. The molecule has 0 N–H and O–H groups in total. The Hall–Kier alpha value is -2.83. The maximum atomic E-state index is 12.7. The van der Waals surface area contributed by atoms with E-state index in [-0.39, 0.29) is 17.9 Å². The first kappa shape index (κ1) is 20.9. The van der Waals surface area contributed by atoms with Crippen LogP contribution in [0.25, 0.3) is 0 Å².